The van der Waals surface area contributed by atoms with Crippen LogP contribution in [0.2, 0.25) is 0 Å². The van der Waals surface area contributed by atoms with Gasteiger partial charge >= 0.3 is 0 Å². The molecule has 4 rings (SSSR count). The van der Waals surface area contributed by atoms with Crippen LogP contribution in [0.1, 0.15) is 30.6 Å². The lowest BCUT2D eigenvalue weighted by molar-refractivity contribution is -0.117. The maximum Gasteiger partial charge on any atom is 0.227 e. The van der Waals surface area contributed by atoms with E-state index in [-0.39, 0.29) is 29.9 Å². The number of aliphatic imine (C=N–C) groups is 1. The van der Waals surface area contributed by atoms with Gasteiger partial charge in [0.1, 0.15) is 5.76 Å². The van der Waals surface area contributed by atoms with Gasteiger partial charge in [-0.15, -0.1) is 24.0 Å². The Morgan fingerprint density at radius 2 is 2.06 bits per heavy atom. The normalized spacial score (nSPS) is 18.8. The van der Waals surface area contributed by atoms with E-state index in [1.807, 2.05) is 29.2 Å². The summed E-state index contributed by atoms with van der Waals surface area (Å²) in [6.07, 6.45) is 5.18. The predicted octanol–water partition coefficient (Wildman–Crippen LogP) is 3.34. The Labute approximate surface area is 200 Å². The van der Waals surface area contributed by atoms with Gasteiger partial charge in [0.05, 0.1) is 19.4 Å². The van der Waals surface area contributed by atoms with E-state index in [2.05, 4.69) is 22.8 Å². The molecular formula is C23H31IN4O3. The highest BCUT2D eigenvalue weighted by Crippen LogP contribution is 2.21. The number of carbonyl (C=O) groups is 1. The van der Waals surface area contributed by atoms with E-state index in [4.69, 9.17) is 14.1 Å². The molecule has 2 fully saturated rings. The molecule has 1 aromatic carbocycles. The first-order valence-corrected chi connectivity index (χ1v) is 10.8. The van der Waals surface area contributed by atoms with Crippen molar-refractivity contribution < 1.29 is 13.9 Å². The molecule has 1 atom stereocenters. The van der Waals surface area contributed by atoms with Gasteiger partial charge in [0, 0.05) is 50.7 Å². The maximum absolute atomic E-state index is 11.9. The van der Waals surface area contributed by atoms with Gasteiger partial charge < -0.3 is 24.7 Å². The van der Waals surface area contributed by atoms with Crippen molar-refractivity contribution in [3.8, 4) is 0 Å². The lowest BCUT2D eigenvalue weighted by atomic mass is 10.1. The van der Waals surface area contributed by atoms with Crippen molar-refractivity contribution in [2.24, 2.45) is 10.9 Å². The van der Waals surface area contributed by atoms with Gasteiger partial charge in [0.15, 0.2) is 5.96 Å². The van der Waals surface area contributed by atoms with Gasteiger partial charge in [0.25, 0.3) is 0 Å². The van der Waals surface area contributed by atoms with E-state index in [0.29, 0.717) is 18.9 Å². The molecule has 2 aromatic rings. The van der Waals surface area contributed by atoms with Crippen LogP contribution in [0.5, 0.6) is 0 Å². The van der Waals surface area contributed by atoms with Crippen molar-refractivity contribution >= 4 is 41.5 Å². The number of ether oxygens (including phenoxy) is 1. The number of amides is 1. The third-order valence-electron chi connectivity index (χ3n) is 5.57. The molecule has 0 aliphatic carbocycles. The molecule has 2 aliphatic rings. The molecule has 168 valence electrons. The summed E-state index contributed by atoms with van der Waals surface area (Å²) in [6, 6.07) is 12.0. The topological polar surface area (TPSA) is 79.1 Å². The maximum atomic E-state index is 11.9. The molecule has 1 amide bonds. The Balaban J connectivity index is 0.00000272. The van der Waals surface area contributed by atoms with E-state index in [0.717, 1.165) is 75.1 Å². The van der Waals surface area contributed by atoms with E-state index in [1.54, 1.807) is 6.26 Å². The van der Waals surface area contributed by atoms with Crippen molar-refractivity contribution in [1.82, 2.24) is 10.6 Å². The Morgan fingerprint density at radius 1 is 1.19 bits per heavy atom. The number of benzene rings is 1. The molecule has 2 aliphatic heterocycles. The first-order valence-electron chi connectivity index (χ1n) is 10.8. The Hall–Kier alpha value is -2.07. The summed E-state index contributed by atoms with van der Waals surface area (Å²) in [5, 5.41) is 6.85. The number of furan rings is 1. The number of nitrogens with one attached hydrogen (secondary N) is 2. The van der Waals surface area contributed by atoms with Gasteiger partial charge in [-0.2, -0.15) is 0 Å². The summed E-state index contributed by atoms with van der Waals surface area (Å²) < 4.78 is 10.9. The lowest BCUT2D eigenvalue weighted by Crippen LogP contribution is -2.40. The fourth-order valence-corrected chi connectivity index (χ4v) is 3.79. The van der Waals surface area contributed by atoms with Crippen LogP contribution in [0.4, 0.5) is 5.69 Å². The average Bonchev–Trinajstić information content (AvgIpc) is 3.53. The minimum atomic E-state index is 0. The third-order valence-corrected chi connectivity index (χ3v) is 5.57. The van der Waals surface area contributed by atoms with Crippen molar-refractivity contribution in [3.05, 3.63) is 54.0 Å². The summed E-state index contributed by atoms with van der Waals surface area (Å²) in [5.74, 6) is 2.49. The number of nitrogens with zero attached hydrogens (tertiary/aromatic N) is 2. The fraction of sp³-hybridized carbons (Fsp3) is 0.478. The van der Waals surface area contributed by atoms with E-state index in [9.17, 15) is 4.79 Å². The number of carbonyl (C=O) groups excluding carboxylic acids is 1. The molecule has 2 saturated heterocycles. The fourth-order valence-electron chi connectivity index (χ4n) is 3.79. The minimum Gasteiger partial charge on any atom is -0.469 e. The molecule has 0 spiro atoms. The lowest BCUT2D eigenvalue weighted by Gasteiger charge is -2.16. The smallest absolute Gasteiger partial charge is 0.227 e. The van der Waals surface area contributed by atoms with E-state index >= 15 is 0 Å². The van der Waals surface area contributed by atoms with Gasteiger partial charge in [-0.05, 0) is 42.7 Å². The molecule has 1 aromatic heterocycles. The van der Waals surface area contributed by atoms with Crippen molar-refractivity contribution in [1.29, 1.82) is 0 Å². The number of rotatable bonds is 8. The molecule has 3 heterocycles. The second-order valence-corrected chi connectivity index (χ2v) is 7.85. The zero-order chi connectivity index (χ0) is 20.6. The van der Waals surface area contributed by atoms with Gasteiger partial charge in [0.2, 0.25) is 5.91 Å². The Morgan fingerprint density at radius 3 is 2.74 bits per heavy atom. The third kappa shape index (κ3) is 6.96. The molecule has 8 heteroatoms. The first kappa shape index (κ1) is 23.6. The Bertz CT molecular complexity index is 833. The van der Waals surface area contributed by atoms with Gasteiger partial charge in [-0.25, -0.2) is 4.99 Å². The Kier molecular flexibility index (Phi) is 9.20. The van der Waals surface area contributed by atoms with Crippen molar-refractivity contribution in [2.75, 3.05) is 37.7 Å². The second-order valence-electron chi connectivity index (χ2n) is 7.85. The van der Waals surface area contributed by atoms with Crippen molar-refractivity contribution in [3.63, 3.8) is 0 Å². The van der Waals surface area contributed by atoms with Crippen LogP contribution in [0.3, 0.4) is 0 Å². The zero-order valence-electron chi connectivity index (χ0n) is 17.7. The van der Waals surface area contributed by atoms with Gasteiger partial charge in [-0.1, -0.05) is 12.1 Å². The molecule has 31 heavy (non-hydrogen) atoms. The van der Waals surface area contributed by atoms with Crippen LogP contribution in [0, 0.1) is 5.92 Å². The number of guanidine groups is 1. The molecule has 0 saturated carbocycles. The minimum absolute atomic E-state index is 0. The van der Waals surface area contributed by atoms with Crippen LogP contribution in [-0.4, -0.2) is 44.7 Å². The highest BCUT2D eigenvalue weighted by molar-refractivity contribution is 14.0. The predicted molar refractivity (Wildman–Crippen MR) is 132 cm³/mol. The highest BCUT2D eigenvalue weighted by Gasteiger charge is 2.21. The summed E-state index contributed by atoms with van der Waals surface area (Å²) in [6.45, 7) is 4.64. The van der Waals surface area contributed by atoms with E-state index in [1.165, 1.54) is 0 Å². The highest BCUT2D eigenvalue weighted by atomic mass is 127. The summed E-state index contributed by atoms with van der Waals surface area (Å²) in [7, 11) is 0. The summed E-state index contributed by atoms with van der Waals surface area (Å²) in [5.41, 5.74) is 2.09. The number of halogens is 1. The monoisotopic (exact) mass is 538 g/mol. The van der Waals surface area contributed by atoms with Crippen LogP contribution in [0.15, 0.2) is 52.1 Å². The zero-order valence-corrected chi connectivity index (χ0v) is 20.0. The van der Waals surface area contributed by atoms with Crippen LogP contribution in [-0.2, 0) is 22.5 Å². The van der Waals surface area contributed by atoms with Crippen LogP contribution in [0.25, 0.3) is 0 Å². The quantitative estimate of drug-likeness (QED) is 0.306. The largest absolute Gasteiger partial charge is 0.469 e. The number of hydrogen-bond acceptors (Lipinski definition) is 4. The number of anilines is 1. The number of hydrogen-bond donors (Lipinski definition) is 2. The summed E-state index contributed by atoms with van der Waals surface area (Å²) in [4.78, 5) is 18.5. The molecule has 7 nitrogen and oxygen atoms in total. The standard InChI is InChI=1S/C23H30N4O3.HI/c28-22-4-1-12-27(22)20-7-5-18(6-8-20)15-25-23(26-16-19-10-14-29-17-19)24-11-9-21-3-2-13-30-21;/h2-3,5-8,13,19H,1,4,9-12,14-17H2,(H2,24,25,26);1H. The van der Waals surface area contributed by atoms with Crippen molar-refractivity contribution in [2.45, 2.75) is 32.2 Å². The molecular weight excluding hydrogens is 507 g/mol. The first-order chi connectivity index (χ1) is 14.8. The average molecular weight is 538 g/mol. The molecule has 0 radical (unpaired) electrons. The second kappa shape index (κ2) is 12.1. The van der Waals surface area contributed by atoms with Crippen LogP contribution >= 0.6 is 24.0 Å². The van der Waals surface area contributed by atoms with E-state index < -0.39 is 0 Å². The summed E-state index contributed by atoms with van der Waals surface area (Å²) >= 11 is 0. The van der Waals surface area contributed by atoms with Crippen LogP contribution < -0.4 is 15.5 Å². The molecule has 1 unspecified atom stereocenters. The molecule has 0 bridgehead atoms. The molecule has 2 N–H and O–H groups in total. The van der Waals surface area contributed by atoms with Gasteiger partial charge in [-0.3, -0.25) is 4.79 Å². The SMILES string of the molecule is I.O=C1CCCN1c1ccc(CN=C(NCCc2ccco2)NCC2CCOC2)cc1.